The lowest BCUT2D eigenvalue weighted by atomic mass is 10.1. The lowest BCUT2D eigenvalue weighted by Gasteiger charge is -2.08. The monoisotopic (exact) mass is 376 g/mol. The average Bonchev–Trinajstić information content (AvgIpc) is 3.10. The Balaban J connectivity index is 2.09. The summed E-state index contributed by atoms with van der Waals surface area (Å²) < 4.78 is 15.5. The highest BCUT2D eigenvalue weighted by atomic mass is 35.5. The van der Waals surface area contributed by atoms with Crippen LogP contribution in [-0.4, -0.2) is 34.3 Å². The maximum Gasteiger partial charge on any atom is 0.315 e. The number of nitro benzene ring substituents is 1. The summed E-state index contributed by atoms with van der Waals surface area (Å²) in [7, 11) is 2.70. The number of hydrogen-bond donors (Lipinski definition) is 0. The Hall–Kier alpha value is -3.20. The van der Waals surface area contributed by atoms with Gasteiger partial charge < -0.3 is 14.0 Å². The average molecular weight is 377 g/mol. The zero-order chi connectivity index (χ0) is 18.8. The van der Waals surface area contributed by atoms with Gasteiger partial charge in [0, 0.05) is 11.8 Å². The zero-order valence-electron chi connectivity index (χ0n) is 14.0. The van der Waals surface area contributed by atoms with Crippen LogP contribution in [0.1, 0.15) is 5.69 Å². The zero-order valence-corrected chi connectivity index (χ0v) is 14.8. The Bertz CT molecular complexity index is 989. The van der Waals surface area contributed by atoms with Crippen molar-refractivity contribution in [3.8, 4) is 34.3 Å². The molecule has 10 heteroatoms. The molecular formula is C16H13ClN4O5. The topological polar surface area (TPSA) is 113 Å². The lowest BCUT2D eigenvalue weighted by molar-refractivity contribution is -0.385. The quantitative estimate of drug-likeness (QED) is 0.376. The van der Waals surface area contributed by atoms with Gasteiger partial charge in [-0.25, -0.2) is 4.98 Å². The summed E-state index contributed by atoms with van der Waals surface area (Å²) in [4.78, 5) is 19.1. The molecule has 134 valence electrons. The van der Waals surface area contributed by atoms with Gasteiger partial charge >= 0.3 is 5.69 Å². The van der Waals surface area contributed by atoms with Crippen LogP contribution in [0.3, 0.4) is 0 Å². The van der Waals surface area contributed by atoms with Crippen LogP contribution in [0.5, 0.6) is 11.5 Å². The highest BCUT2D eigenvalue weighted by Gasteiger charge is 2.24. The molecule has 0 amide bonds. The van der Waals surface area contributed by atoms with Crippen LogP contribution in [-0.2, 0) is 0 Å². The Labute approximate surface area is 152 Å². The van der Waals surface area contributed by atoms with Gasteiger partial charge in [0.05, 0.1) is 30.3 Å². The van der Waals surface area contributed by atoms with Crippen molar-refractivity contribution in [2.75, 3.05) is 14.2 Å². The molecule has 0 N–H and O–H groups in total. The fourth-order valence-corrected chi connectivity index (χ4v) is 2.63. The first-order valence-corrected chi connectivity index (χ1v) is 7.70. The Kier molecular flexibility index (Phi) is 4.72. The van der Waals surface area contributed by atoms with Gasteiger partial charge in [0.15, 0.2) is 5.75 Å². The summed E-state index contributed by atoms with van der Waals surface area (Å²) in [5.74, 6) is 0.467. The fourth-order valence-electron chi connectivity index (χ4n) is 2.35. The van der Waals surface area contributed by atoms with Crippen molar-refractivity contribution in [2.24, 2.45) is 0 Å². The minimum Gasteiger partial charge on any atom is -0.493 e. The van der Waals surface area contributed by atoms with E-state index in [1.54, 1.807) is 19.1 Å². The van der Waals surface area contributed by atoms with E-state index in [1.165, 1.54) is 26.4 Å². The van der Waals surface area contributed by atoms with Crippen molar-refractivity contribution in [3.05, 3.63) is 45.2 Å². The number of methoxy groups -OCH3 is 2. The molecule has 0 saturated heterocycles. The normalized spacial score (nSPS) is 10.6. The maximum atomic E-state index is 11.3. The minimum absolute atomic E-state index is 0.00627. The first kappa shape index (κ1) is 17.6. The molecule has 0 aliphatic carbocycles. The summed E-state index contributed by atoms with van der Waals surface area (Å²) in [5, 5.41) is 15.4. The molecule has 0 radical (unpaired) electrons. The van der Waals surface area contributed by atoms with Crippen molar-refractivity contribution < 1.29 is 18.9 Å². The number of ether oxygens (including phenoxy) is 2. The molecule has 0 spiro atoms. The van der Waals surface area contributed by atoms with Crippen molar-refractivity contribution in [1.82, 2.24) is 15.1 Å². The van der Waals surface area contributed by atoms with Crippen LogP contribution in [0, 0.1) is 17.0 Å². The second kappa shape index (κ2) is 6.96. The molecule has 0 fully saturated rings. The molecule has 2 aromatic heterocycles. The molecule has 3 aromatic rings. The first-order valence-electron chi connectivity index (χ1n) is 7.32. The van der Waals surface area contributed by atoms with Crippen molar-refractivity contribution in [3.63, 3.8) is 0 Å². The highest BCUT2D eigenvalue weighted by Crippen LogP contribution is 2.41. The van der Waals surface area contributed by atoms with E-state index in [0.29, 0.717) is 11.1 Å². The second-order valence-electron chi connectivity index (χ2n) is 5.20. The molecule has 0 aliphatic rings. The molecule has 0 saturated carbocycles. The Morgan fingerprint density at radius 1 is 1.19 bits per heavy atom. The molecule has 0 atom stereocenters. The van der Waals surface area contributed by atoms with Crippen molar-refractivity contribution in [2.45, 2.75) is 6.92 Å². The van der Waals surface area contributed by atoms with Crippen LogP contribution < -0.4 is 9.47 Å². The number of rotatable bonds is 5. The van der Waals surface area contributed by atoms with E-state index in [0.717, 1.165) is 5.69 Å². The summed E-state index contributed by atoms with van der Waals surface area (Å²) in [6.45, 7) is 1.81. The molecule has 0 unspecified atom stereocenters. The summed E-state index contributed by atoms with van der Waals surface area (Å²) in [5.41, 5.74) is 1.26. The van der Waals surface area contributed by atoms with E-state index < -0.39 is 4.92 Å². The molecule has 26 heavy (non-hydrogen) atoms. The van der Waals surface area contributed by atoms with Crippen molar-refractivity contribution >= 4 is 17.3 Å². The lowest BCUT2D eigenvalue weighted by Crippen LogP contribution is -1.98. The van der Waals surface area contributed by atoms with Crippen LogP contribution in [0.15, 0.2) is 28.8 Å². The SMILES string of the molecule is COc1cc(-c2nc(-c3ccc(C)nc3Cl)no2)cc([N+](=O)[O-])c1OC. The predicted molar refractivity (Wildman–Crippen MR) is 92.5 cm³/mol. The molecule has 0 aliphatic heterocycles. The van der Waals surface area contributed by atoms with Gasteiger partial charge in [-0.3, -0.25) is 10.1 Å². The molecule has 0 bridgehead atoms. The largest absolute Gasteiger partial charge is 0.493 e. The second-order valence-corrected chi connectivity index (χ2v) is 5.56. The summed E-state index contributed by atoms with van der Waals surface area (Å²) in [6, 6.07) is 6.26. The Morgan fingerprint density at radius 2 is 1.96 bits per heavy atom. The highest BCUT2D eigenvalue weighted by molar-refractivity contribution is 6.31. The number of benzene rings is 1. The van der Waals surface area contributed by atoms with E-state index in [9.17, 15) is 10.1 Å². The summed E-state index contributed by atoms with van der Waals surface area (Å²) >= 11 is 6.11. The van der Waals surface area contributed by atoms with Gasteiger partial charge in [0.25, 0.3) is 5.89 Å². The number of nitro groups is 1. The van der Waals surface area contributed by atoms with Crippen LogP contribution in [0.25, 0.3) is 22.8 Å². The van der Waals surface area contributed by atoms with Gasteiger partial charge in [0.1, 0.15) is 5.15 Å². The van der Waals surface area contributed by atoms with Crippen LogP contribution in [0.2, 0.25) is 5.15 Å². The predicted octanol–water partition coefficient (Wildman–Crippen LogP) is 3.69. The smallest absolute Gasteiger partial charge is 0.315 e. The van der Waals surface area contributed by atoms with Gasteiger partial charge in [-0.05, 0) is 25.1 Å². The van der Waals surface area contributed by atoms with Gasteiger partial charge in [-0.2, -0.15) is 4.98 Å². The standard InChI is InChI=1S/C16H13ClN4O5/c1-8-4-5-10(14(17)18-8)15-19-16(26-20-15)9-6-11(21(22)23)13(25-3)12(7-9)24-2/h4-7H,1-3H3. The number of halogens is 1. The van der Waals surface area contributed by atoms with Crippen LogP contribution in [0.4, 0.5) is 5.69 Å². The van der Waals surface area contributed by atoms with Crippen molar-refractivity contribution in [1.29, 1.82) is 0 Å². The first-order chi connectivity index (χ1) is 12.4. The third kappa shape index (κ3) is 3.16. The maximum absolute atomic E-state index is 11.3. The van der Waals surface area contributed by atoms with E-state index in [2.05, 4.69) is 15.1 Å². The van der Waals surface area contributed by atoms with E-state index in [4.69, 9.17) is 25.6 Å². The minimum atomic E-state index is -0.580. The Morgan fingerprint density at radius 3 is 2.58 bits per heavy atom. The van der Waals surface area contributed by atoms with Gasteiger partial charge in [-0.1, -0.05) is 16.8 Å². The van der Waals surface area contributed by atoms with E-state index in [1.807, 2.05) is 0 Å². The summed E-state index contributed by atoms with van der Waals surface area (Å²) in [6.07, 6.45) is 0. The van der Waals surface area contributed by atoms with E-state index >= 15 is 0 Å². The fraction of sp³-hybridized carbons (Fsp3) is 0.188. The molecule has 2 heterocycles. The number of pyridine rings is 1. The third-order valence-electron chi connectivity index (χ3n) is 3.56. The van der Waals surface area contributed by atoms with Gasteiger partial charge in [0.2, 0.25) is 11.6 Å². The molecule has 3 rings (SSSR count). The number of hydrogen-bond acceptors (Lipinski definition) is 8. The third-order valence-corrected chi connectivity index (χ3v) is 3.85. The molecule has 9 nitrogen and oxygen atoms in total. The number of aromatic nitrogens is 3. The van der Waals surface area contributed by atoms with E-state index in [-0.39, 0.29) is 34.1 Å². The molecule has 1 aromatic carbocycles. The number of aryl methyl sites for hydroxylation is 1. The van der Waals surface area contributed by atoms with Gasteiger partial charge in [-0.15, -0.1) is 0 Å². The molecular weight excluding hydrogens is 364 g/mol. The van der Waals surface area contributed by atoms with Crippen LogP contribution >= 0.6 is 11.6 Å². The number of nitrogens with zero attached hydrogens (tertiary/aromatic N) is 4.